The summed E-state index contributed by atoms with van der Waals surface area (Å²) in [4.78, 5) is 21.6. The lowest BCUT2D eigenvalue weighted by Crippen LogP contribution is -2.14. The molecule has 1 rings (SSSR count). The van der Waals surface area contributed by atoms with Crippen LogP contribution in [-0.2, 0) is 19.7 Å². The van der Waals surface area contributed by atoms with E-state index in [4.69, 9.17) is 4.55 Å². The molecule has 0 unspecified atom stereocenters. The highest BCUT2D eigenvalue weighted by molar-refractivity contribution is 7.85. The molecule has 1 aromatic rings. The molecule has 0 atom stereocenters. The van der Waals surface area contributed by atoms with Crippen LogP contribution in [0.3, 0.4) is 0 Å². The Morgan fingerprint density at radius 2 is 1.76 bits per heavy atom. The highest BCUT2D eigenvalue weighted by atomic mass is 32.2. The van der Waals surface area contributed by atoms with Crippen molar-refractivity contribution in [3.05, 3.63) is 24.3 Å². The minimum atomic E-state index is -4.23. The number of carbonyl (C=O) groups excluding carboxylic acids is 2. The Balaban J connectivity index is 2.76. The van der Waals surface area contributed by atoms with Crippen molar-refractivity contribution in [2.24, 2.45) is 0 Å². The third-order valence-corrected chi connectivity index (χ3v) is 2.71. The summed E-state index contributed by atoms with van der Waals surface area (Å²) in [7, 11) is -4.23. The van der Waals surface area contributed by atoms with Gasteiger partial charge in [-0.3, -0.25) is 14.1 Å². The molecule has 1 amide bonds. The molecule has 0 radical (unpaired) electrons. The summed E-state index contributed by atoms with van der Waals surface area (Å²) in [5, 5.41) is 2.42. The molecule has 0 bridgehead atoms. The van der Waals surface area contributed by atoms with Crippen LogP contribution in [0.2, 0.25) is 0 Å². The van der Waals surface area contributed by atoms with Gasteiger partial charge in [-0.05, 0) is 31.2 Å². The average Bonchev–Trinajstić information content (AvgIpc) is 2.15. The first-order valence-electron chi connectivity index (χ1n) is 4.66. The maximum absolute atomic E-state index is 11.2. The molecule has 17 heavy (non-hydrogen) atoms. The molecular weight excluding hydrogens is 246 g/mol. The first kappa shape index (κ1) is 13.3. The summed E-state index contributed by atoms with van der Waals surface area (Å²) in [6, 6.07) is 4.94. The molecule has 1 aromatic carbocycles. The molecule has 0 saturated heterocycles. The Hall–Kier alpha value is -1.73. The Morgan fingerprint density at radius 3 is 2.18 bits per heavy atom. The Labute approximate surface area is 98.4 Å². The zero-order chi connectivity index (χ0) is 13.1. The van der Waals surface area contributed by atoms with E-state index in [0.29, 0.717) is 5.69 Å². The molecular formula is C10H11NO5S. The first-order chi connectivity index (χ1) is 7.79. The predicted molar refractivity (Wildman–Crippen MR) is 60.2 cm³/mol. The number of rotatable bonds is 4. The molecule has 0 aliphatic heterocycles. The highest BCUT2D eigenvalue weighted by Crippen LogP contribution is 2.13. The topological polar surface area (TPSA) is 101 Å². The van der Waals surface area contributed by atoms with Gasteiger partial charge in [0.2, 0.25) is 5.91 Å². The normalized spacial score (nSPS) is 10.9. The van der Waals surface area contributed by atoms with Crippen molar-refractivity contribution in [2.75, 3.05) is 5.32 Å². The third-order valence-electron chi connectivity index (χ3n) is 1.85. The van der Waals surface area contributed by atoms with E-state index in [1.165, 1.54) is 19.1 Å². The van der Waals surface area contributed by atoms with E-state index in [0.717, 1.165) is 12.1 Å². The van der Waals surface area contributed by atoms with Gasteiger partial charge in [-0.1, -0.05) is 0 Å². The Morgan fingerprint density at radius 1 is 1.24 bits per heavy atom. The molecule has 0 aliphatic carbocycles. The van der Waals surface area contributed by atoms with Crippen molar-refractivity contribution in [2.45, 2.75) is 18.2 Å². The van der Waals surface area contributed by atoms with E-state index in [9.17, 15) is 18.0 Å². The number of anilines is 1. The largest absolute Gasteiger partial charge is 0.326 e. The Kier molecular flexibility index (Phi) is 3.97. The van der Waals surface area contributed by atoms with Crippen LogP contribution in [0.1, 0.15) is 13.3 Å². The smallest absolute Gasteiger partial charge is 0.294 e. The van der Waals surface area contributed by atoms with Gasteiger partial charge in [-0.2, -0.15) is 8.42 Å². The number of carbonyl (C=O) groups is 2. The monoisotopic (exact) mass is 257 g/mol. The SMILES string of the molecule is CC(=O)CC(=O)Nc1ccc(S(=O)(=O)O)cc1. The predicted octanol–water partition coefficient (Wildman–Crippen LogP) is 0.851. The second kappa shape index (κ2) is 5.07. The van der Waals surface area contributed by atoms with Crippen molar-refractivity contribution in [3.63, 3.8) is 0 Å². The summed E-state index contributed by atoms with van der Waals surface area (Å²) in [6.07, 6.45) is -0.236. The fourth-order valence-corrected chi connectivity index (χ4v) is 1.62. The highest BCUT2D eigenvalue weighted by Gasteiger charge is 2.09. The maximum atomic E-state index is 11.2. The molecule has 92 valence electrons. The number of ketones is 1. The van der Waals surface area contributed by atoms with Crippen molar-refractivity contribution < 1.29 is 22.6 Å². The number of hydrogen-bond acceptors (Lipinski definition) is 4. The van der Waals surface area contributed by atoms with Crippen molar-refractivity contribution in [1.82, 2.24) is 0 Å². The van der Waals surface area contributed by atoms with Crippen molar-refractivity contribution in [1.29, 1.82) is 0 Å². The van der Waals surface area contributed by atoms with Crippen LogP contribution < -0.4 is 5.32 Å². The molecule has 0 aromatic heterocycles. The average molecular weight is 257 g/mol. The van der Waals surface area contributed by atoms with Gasteiger partial charge in [0.05, 0.1) is 11.3 Å². The maximum Gasteiger partial charge on any atom is 0.294 e. The van der Waals surface area contributed by atoms with Gasteiger partial charge in [0.25, 0.3) is 10.1 Å². The summed E-state index contributed by atoms with van der Waals surface area (Å²) in [6.45, 7) is 1.29. The molecule has 0 fully saturated rings. The summed E-state index contributed by atoms with van der Waals surface area (Å²) < 4.78 is 30.2. The van der Waals surface area contributed by atoms with Gasteiger partial charge >= 0.3 is 0 Å². The molecule has 6 nitrogen and oxygen atoms in total. The number of benzene rings is 1. The van der Waals surface area contributed by atoms with E-state index in [2.05, 4.69) is 5.32 Å². The van der Waals surface area contributed by atoms with Crippen LogP contribution in [-0.4, -0.2) is 24.7 Å². The molecule has 0 aliphatic rings. The molecule has 7 heteroatoms. The fourth-order valence-electron chi connectivity index (χ4n) is 1.14. The second-order valence-corrected chi connectivity index (χ2v) is 4.85. The summed E-state index contributed by atoms with van der Waals surface area (Å²) in [5.41, 5.74) is 0.351. The van der Waals surface area contributed by atoms with Crippen LogP contribution in [0.15, 0.2) is 29.2 Å². The molecule has 0 heterocycles. The Bertz CT molecular complexity index is 532. The minimum absolute atomic E-state index is 0.236. The zero-order valence-corrected chi connectivity index (χ0v) is 9.82. The zero-order valence-electron chi connectivity index (χ0n) is 9.00. The van der Waals surface area contributed by atoms with Gasteiger partial charge in [-0.15, -0.1) is 0 Å². The molecule has 2 N–H and O–H groups in total. The van der Waals surface area contributed by atoms with Gasteiger partial charge in [0.1, 0.15) is 5.78 Å². The number of amides is 1. The van der Waals surface area contributed by atoms with E-state index in [1.807, 2.05) is 0 Å². The molecule has 0 spiro atoms. The summed E-state index contributed by atoms with van der Waals surface area (Å²) in [5.74, 6) is -0.742. The first-order valence-corrected chi connectivity index (χ1v) is 6.10. The lowest BCUT2D eigenvalue weighted by Gasteiger charge is -2.04. The number of Topliss-reactive ketones (excluding diaryl/α,β-unsaturated/α-hetero) is 1. The van der Waals surface area contributed by atoms with Gasteiger partial charge in [-0.25, -0.2) is 0 Å². The van der Waals surface area contributed by atoms with Crippen LogP contribution >= 0.6 is 0 Å². The third kappa shape index (κ3) is 4.33. The fraction of sp³-hybridized carbons (Fsp3) is 0.200. The van der Waals surface area contributed by atoms with Crippen LogP contribution in [0.25, 0.3) is 0 Å². The van der Waals surface area contributed by atoms with Crippen LogP contribution in [0.4, 0.5) is 5.69 Å². The van der Waals surface area contributed by atoms with Crippen LogP contribution in [0.5, 0.6) is 0 Å². The van der Waals surface area contributed by atoms with Crippen molar-refractivity contribution in [3.8, 4) is 0 Å². The second-order valence-electron chi connectivity index (χ2n) is 3.43. The van der Waals surface area contributed by atoms with E-state index in [-0.39, 0.29) is 17.1 Å². The van der Waals surface area contributed by atoms with Gasteiger partial charge in [0.15, 0.2) is 0 Å². The summed E-state index contributed by atoms with van der Waals surface area (Å²) >= 11 is 0. The van der Waals surface area contributed by atoms with E-state index >= 15 is 0 Å². The minimum Gasteiger partial charge on any atom is -0.326 e. The molecule has 0 saturated carbocycles. The standard InChI is InChI=1S/C10H11NO5S/c1-7(12)6-10(13)11-8-2-4-9(5-3-8)17(14,15)16/h2-5H,6H2,1H3,(H,11,13)(H,14,15,16). The van der Waals surface area contributed by atoms with Crippen LogP contribution in [0, 0.1) is 0 Å². The lowest BCUT2D eigenvalue weighted by molar-refractivity contribution is -0.124. The van der Waals surface area contributed by atoms with Gasteiger partial charge < -0.3 is 5.32 Å². The number of nitrogens with one attached hydrogen (secondary N) is 1. The van der Waals surface area contributed by atoms with E-state index < -0.39 is 16.0 Å². The van der Waals surface area contributed by atoms with E-state index in [1.54, 1.807) is 0 Å². The van der Waals surface area contributed by atoms with Crippen molar-refractivity contribution >= 4 is 27.5 Å². The lowest BCUT2D eigenvalue weighted by atomic mass is 10.2. The number of hydrogen-bond donors (Lipinski definition) is 2. The van der Waals surface area contributed by atoms with Gasteiger partial charge in [0, 0.05) is 5.69 Å². The quantitative estimate of drug-likeness (QED) is 0.615.